The van der Waals surface area contributed by atoms with Gasteiger partial charge in [0.15, 0.2) is 15.8 Å². The normalized spacial score (nSPS) is 21.9. The van der Waals surface area contributed by atoms with Crippen molar-refractivity contribution in [1.29, 1.82) is 0 Å². The predicted molar refractivity (Wildman–Crippen MR) is 114 cm³/mol. The van der Waals surface area contributed by atoms with Crippen molar-refractivity contribution in [2.45, 2.75) is 32.1 Å². The minimum atomic E-state index is -3.12. The maximum Gasteiger partial charge on any atom is 0.194 e. The quantitative estimate of drug-likeness (QED) is 0.583. The lowest BCUT2D eigenvalue weighted by molar-refractivity contribution is 0.122. The molecule has 1 aromatic rings. The van der Waals surface area contributed by atoms with E-state index in [1.807, 2.05) is 22.8 Å². The number of rotatable bonds is 4. The highest BCUT2D eigenvalue weighted by Crippen LogP contribution is 2.24. The first-order chi connectivity index (χ1) is 13.7. The minimum absolute atomic E-state index is 0.104. The van der Waals surface area contributed by atoms with E-state index in [0.717, 1.165) is 5.56 Å². The maximum absolute atomic E-state index is 14.6. The zero-order valence-corrected chi connectivity index (χ0v) is 18.3. The number of sulfone groups is 1. The molecule has 2 heterocycles. The van der Waals surface area contributed by atoms with Crippen LogP contribution in [0.1, 0.15) is 26.3 Å². The third-order valence-electron chi connectivity index (χ3n) is 5.45. The summed E-state index contributed by atoms with van der Waals surface area (Å²) in [5.41, 5.74) is 1.37. The molecule has 1 N–H and O–H groups in total. The third kappa shape index (κ3) is 5.01. The van der Waals surface area contributed by atoms with Gasteiger partial charge in [-0.1, -0.05) is 6.07 Å². The number of anilines is 1. The standard InChI is InChI=1S/C20H31FN4O3S/c1-4-22-19(25-9-12-29(26,27)20(2,3)15-25)23-14-16-5-6-18(17(21)13-16)24-7-10-28-11-8-24/h5-6,13H,4,7-12,14-15H2,1-3H3,(H,22,23). The molecule has 2 fully saturated rings. The fraction of sp³-hybridized carbons (Fsp3) is 0.650. The first-order valence-corrected chi connectivity index (χ1v) is 11.8. The van der Waals surface area contributed by atoms with Crippen molar-refractivity contribution in [2.24, 2.45) is 4.99 Å². The first kappa shape index (κ1) is 21.8. The Kier molecular flexibility index (Phi) is 6.68. The molecule has 162 valence electrons. The second-order valence-electron chi connectivity index (χ2n) is 8.06. The molecule has 7 nitrogen and oxygen atoms in total. The van der Waals surface area contributed by atoms with E-state index in [1.54, 1.807) is 19.9 Å². The van der Waals surface area contributed by atoms with Gasteiger partial charge in [0.2, 0.25) is 0 Å². The number of hydrogen-bond acceptors (Lipinski definition) is 5. The predicted octanol–water partition coefficient (Wildman–Crippen LogP) is 1.64. The molecular weight excluding hydrogens is 395 g/mol. The molecule has 0 spiro atoms. The van der Waals surface area contributed by atoms with Crippen molar-refractivity contribution in [3.63, 3.8) is 0 Å². The van der Waals surface area contributed by atoms with Gasteiger partial charge in [0.25, 0.3) is 0 Å². The molecule has 0 unspecified atom stereocenters. The molecule has 2 aliphatic heterocycles. The van der Waals surface area contributed by atoms with Crippen molar-refractivity contribution in [3.8, 4) is 0 Å². The van der Waals surface area contributed by atoms with Gasteiger partial charge in [-0.2, -0.15) is 0 Å². The summed E-state index contributed by atoms with van der Waals surface area (Å²) in [4.78, 5) is 8.61. The van der Waals surface area contributed by atoms with E-state index >= 15 is 0 Å². The Morgan fingerprint density at radius 2 is 2.00 bits per heavy atom. The van der Waals surface area contributed by atoms with Crippen LogP contribution in [0.3, 0.4) is 0 Å². The highest BCUT2D eigenvalue weighted by Gasteiger charge is 2.40. The van der Waals surface area contributed by atoms with Gasteiger partial charge in [0, 0.05) is 32.7 Å². The van der Waals surface area contributed by atoms with E-state index in [1.165, 1.54) is 6.07 Å². The Morgan fingerprint density at radius 3 is 2.62 bits per heavy atom. The van der Waals surface area contributed by atoms with Crippen LogP contribution in [0, 0.1) is 5.82 Å². The van der Waals surface area contributed by atoms with Crippen LogP contribution in [0.15, 0.2) is 23.2 Å². The van der Waals surface area contributed by atoms with Gasteiger partial charge in [-0.15, -0.1) is 0 Å². The number of guanidine groups is 1. The Hall–Kier alpha value is -1.87. The number of morpholine rings is 1. The Morgan fingerprint density at radius 1 is 1.28 bits per heavy atom. The summed E-state index contributed by atoms with van der Waals surface area (Å²) in [6, 6.07) is 5.23. The molecule has 0 bridgehead atoms. The van der Waals surface area contributed by atoms with Crippen LogP contribution in [0.2, 0.25) is 0 Å². The summed E-state index contributed by atoms with van der Waals surface area (Å²) < 4.78 is 43.7. The zero-order chi connectivity index (χ0) is 21.1. The van der Waals surface area contributed by atoms with Gasteiger partial charge < -0.3 is 19.9 Å². The smallest absolute Gasteiger partial charge is 0.194 e. The number of halogens is 1. The molecule has 0 radical (unpaired) electrons. The van der Waals surface area contributed by atoms with Crippen molar-refractivity contribution in [1.82, 2.24) is 10.2 Å². The lowest BCUT2D eigenvalue weighted by Gasteiger charge is -2.39. The average molecular weight is 427 g/mol. The minimum Gasteiger partial charge on any atom is -0.378 e. The SMILES string of the molecule is CCNC(=NCc1ccc(N2CCOCC2)c(F)c1)N1CCS(=O)(=O)C(C)(C)C1. The fourth-order valence-electron chi connectivity index (χ4n) is 3.63. The lowest BCUT2D eigenvalue weighted by atomic mass is 10.1. The summed E-state index contributed by atoms with van der Waals surface area (Å²) in [6.45, 7) is 9.85. The highest BCUT2D eigenvalue weighted by molar-refractivity contribution is 7.92. The molecule has 2 saturated heterocycles. The van der Waals surface area contributed by atoms with E-state index in [9.17, 15) is 12.8 Å². The fourth-order valence-corrected chi connectivity index (χ4v) is 4.99. The van der Waals surface area contributed by atoms with E-state index in [-0.39, 0.29) is 11.6 Å². The molecule has 3 rings (SSSR count). The molecule has 9 heteroatoms. The second kappa shape index (κ2) is 8.87. The molecule has 29 heavy (non-hydrogen) atoms. The van der Waals surface area contributed by atoms with Crippen LogP contribution in [-0.2, 0) is 21.1 Å². The van der Waals surface area contributed by atoms with Gasteiger partial charge in [-0.05, 0) is 38.5 Å². The molecule has 0 atom stereocenters. The first-order valence-electron chi connectivity index (χ1n) is 10.1. The largest absolute Gasteiger partial charge is 0.378 e. The lowest BCUT2D eigenvalue weighted by Crippen LogP contribution is -2.57. The Labute approximate surface area is 172 Å². The molecule has 1 aromatic carbocycles. The molecule has 0 aromatic heterocycles. The molecular formula is C20H31FN4O3S. The molecule has 0 aliphatic carbocycles. The van der Waals surface area contributed by atoms with Gasteiger partial charge in [-0.25, -0.2) is 17.8 Å². The molecule has 2 aliphatic rings. The van der Waals surface area contributed by atoms with Crippen LogP contribution >= 0.6 is 0 Å². The number of aliphatic imine (C=N–C) groups is 1. The summed E-state index contributed by atoms with van der Waals surface area (Å²) in [5, 5.41) is 3.23. The van der Waals surface area contributed by atoms with E-state index < -0.39 is 14.6 Å². The van der Waals surface area contributed by atoms with Gasteiger partial charge in [-0.3, -0.25) is 0 Å². The van der Waals surface area contributed by atoms with Gasteiger partial charge >= 0.3 is 0 Å². The Balaban J connectivity index is 1.72. The number of nitrogens with one attached hydrogen (secondary N) is 1. The maximum atomic E-state index is 14.6. The van der Waals surface area contributed by atoms with Crippen LogP contribution < -0.4 is 10.2 Å². The number of hydrogen-bond donors (Lipinski definition) is 1. The second-order valence-corrected chi connectivity index (χ2v) is 10.8. The highest BCUT2D eigenvalue weighted by atomic mass is 32.2. The van der Waals surface area contributed by atoms with E-state index in [0.29, 0.717) is 64.1 Å². The summed E-state index contributed by atoms with van der Waals surface area (Å²) in [5.74, 6) is 0.510. The topological polar surface area (TPSA) is 74.2 Å². The number of benzene rings is 1. The zero-order valence-electron chi connectivity index (χ0n) is 17.4. The van der Waals surface area contributed by atoms with E-state index in [4.69, 9.17) is 4.74 Å². The van der Waals surface area contributed by atoms with Crippen molar-refractivity contribution < 1.29 is 17.5 Å². The van der Waals surface area contributed by atoms with Crippen molar-refractivity contribution in [2.75, 3.05) is 56.6 Å². The number of ether oxygens (including phenoxy) is 1. The third-order valence-corrected chi connectivity index (χ3v) is 7.99. The summed E-state index contributed by atoms with van der Waals surface area (Å²) in [6.07, 6.45) is 0. The van der Waals surface area contributed by atoms with Crippen LogP contribution in [0.25, 0.3) is 0 Å². The van der Waals surface area contributed by atoms with E-state index in [2.05, 4.69) is 10.3 Å². The average Bonchev–Trinajstić information content (AvgIpc) is 2.68. The van der Waals surface area contributed by atoms with Crippen molar-refractivity contribution >= 4 is 21.5 Å². The summed E-state index contributed by atoms with van der Waals surface area (Å²) in [7, 11) is -3.12. The van der Waals surface area contributed by atoms with Crippen LogP contribution in [-0.4, -0.2) is 75.7 Å². The Bertz CT molecular complexity index is 851. The van der Waals surface area contributed by atoms with Crippen LogP contribution in [0.5, 0.6) is 0 Å². The number of nitrogens with zero attached hydrogens (tertiary/aromatic N) is 3. The molecule has 0 amide bonds. The van der Waals surface area contributed by atoms with Crippen molar-refractivity contribution in [3.05, 3.63) is 29.6 Å². The van der Waals surface area contributed by atoms with Gasteiger partial charge in [0.1, 0.15) is 5.82 Å². The van der Waals surface area contributed by atoms with Gasteiger partial charge in [0.05, 0.1) is 35.9 Å². The van der Waals surface area contributed by atoms with Crippen LogP contribution in [0.4, 0.5) is 10.1 Å². The summed E-state index contributed by atoms with van der Waals surface area (Å²) >= 11 is 0. The molecule has 0 saturated carbocycles. The monoisotopic (exact) mass is 426 g/mol.